The van der Waals surface area contributed by atoms with E-state index in [1.54, 1.807) is 12.2 Å². The van der Waals surface area contributed by atoms with Gasteiger partial charge in [-0.25, -0.2) is 0 Å². The van der Waals surface area contributed by atoms with Gasteiger partial charge in [0.05, 0.1) is 0 Å². The Morgan fingerprint density at radius 3 is 2.75 bits per heavy atom. The first-order valence-electron chi connectivity index (χ1n) is 2.34. The van der Waals surface area contributed by atoms with E-state index in [2.05, 4.69) is 11.7 Å². The fourth-order valence-electron chi connectivity index (χ4n) is 0.229. The number of hydrogen-bond donors (Lipinski definition) is 1. The van der Waals surface area contributed by atoms with Crippen LogP contribution in [0.3, 0.4) is 0 Å². The second kappa shape index (κ2) is 4.12. The Morgan fingerprint density at radius 1 is 1.75 bits per heavy atom. The molecule has 0 aromatic heterocycles. The number of hydrazone groups is 1. The standard InChI is InChI=1S/C6H10N2/c1-3-6(2)4-5-8-7/h3-5H,1,7H2,2H3/b6-4-,8-5-. The van der Waals surface area contributed by atoms with Gasteiger partial charge in [0.15, 0.2) is 0 Å². The monoisotopic (exact) mass is 110 g/mol. The molecule has 0 aliphatic heterocycles. The third-order valence-corrected chi connectivity index (χ3v) is 0.745. The number of rotatable bonds is 2. The van der Waals surface area contributed by atoms with E-state index in [1.165, 1.54) is 6.21 Å². The molecule has 0 rings (SSSR count). The quantitative estimate of drug-likeness (QED) is 0.245. The summed E-state index contributed by atoms with van der Waals surface area (Å²) < 4.78 is 0. The number of nitrogens with zero attached hydrogens (tertiary/aromatic N) is 1. The van der Waals surface area contributed by atoms with Gasteiger partial charge in [0.2, 0.25) is 0 Å². The Bertz CT molecular complexity index is 122. The van der Waals surface area contributed by atoms with Crippen molar-refractivity contribution < 1.29 is 0 Å². The molecule has 0 unspecified atom stereocenters. The zero-order valence-electron chi connectivity index (χ0n) is 4.96. The number of allylic oxidation sites excluding steroid dienone is 3. The Kier molecular flexibility index (Phi) is 3.58. The summed E-state index contributed by atoms with van der Waals surface area (Å²) in [6.07, 6.45) is 5.05. The maximum Gasteiger partial charge on any atom is 0.0468 e. The molecule has 0 spiro atoms. The van der Waals surface area contributed by atoms with Crippen LogP contribution in [-0.4, -0.2) is 6.21 Å². The topological polar surface area (TPSA) is 38.4 Å². The molecule has 8 heavy (non-hydrogen) atoms. The summed E-state index contributed by atoms with van der Waals surface area (Å²) in [5, 5.41) is 3.27. The molecule has 0 atom stereocenters. The van der Waals surface area contributed by atoms with Crippen molar-refractivity contribution in [1.29, 1.82) is 0 Å². The van der Waals surface area contributed by atoms with Crippen LogP contribution < -0.4 is 5.84 Å². The van der Waals surface area contributed by atoms with E-state index in [1.807, 2.05) is 6.92 Å². The fraction of sp³-hybridized carbons (Fsp3) is 0.167. The summed E-state index contributed by atoms with van der Waals surface area (Å²) in [4.78, 5) is 0. The van der Waals surface area contributed by atoms with Gasteiger partial charge in [-0.2, -0.15) is 5.10 Å². The van der Waals surface area contributed by atoms with Crippen LogP contribution in [0, 0.1) is 0 Å². The molecule has 44 valence electrons. The van der Waals surface area contributed by atoms with Crippen molar-refractivity contribution in [2.24, 2.45) is 10.9 Å². The minimum absolute atomic E-state index is 1.05. The summed E-state index contributed by atoms with van der Waals surface area (Å²) in [7, 11) is 0. The molecular weight excluding hydrogens is 100 g/mol. The van der Waals surface area contributed by atoms with Crippen molar-refractivity contribution in [2.75, 3.05) is 0 Å². The van der Waals surface area contributed by atoms with Gasteiger partial charge in [-0.05, 0) is 13.0 Å². The van der Waals surface area contributed by atoms with Crippen LogP contribution in [0.15, 0.2) is 29.4 Å². The fourth-order valence-corrected chi connectivity index (χ4v) is 0.229. The van der Waals surface area contributed by atoms with Gasteiger partial charge in [-0.3, -0.25) is 0 Å². The van der Waals surface area contributed by atoms with Crippen molar-refractivity contribution in [1.82, 2.24) is 0 Å². The first-order chi connectivity index (χ1) is 3.81. The van der Waals surface area contributed by atoms with Crippen molar-refractivity contribution in [3.05, 3.63) is 24.3 Å². The zero-order chi connectivity index (χ0) is 6.41. The highest BCUT2D eigenvalue weighted by molar-refractivity contribution is 5.72. The third-order valence-electron chi connectivity index (χ3n) is 0.745. The average Bonchev–Trinajstić information content (AvgIpc) is 1.83. The molecule has 2 N–H and O–H groups in total. The highest BCUT2D eigenvalue weighted by Gasteiger charge is 1.71. The molecule has 0 saturated heterocycles. The molecule has 0 aromatic rings. The predicted octanol–water partition coefficient (Wildman–Crippen LogP) is 1.06. The summed E-state index contributed by atoms with van der Waals surface area (Å²) in [5.41, 5.74) is 1.05. The van der Waals surface area contributed by atoms with Gasteiger partial charge in [-0.1, -0.05) is 18.2 Å². The molecule has 0 amide bonds. The third kappa shape index (κ3) is 3.15. The van der Waals surface area contributed by atoms with Crippen LogP contribution in [0.5, 0.6) is 0 Å². The average molecular weight is 110 g/mol. The second-order valence-corrected chi connectivity index (χ2v) is 1.41. The lowest BCUT2D eigenvalue weighted by Crippen LogP contribution is -1.78. The van der Waals surface area contributed by atoms with Crippen LogP contribution >= 0.6 is 0 Å². The van der Waals surface area contributed by atoms with Gasteiger partial charge in [0.1, 0.15) is 0 Å². The van der Waals surface area contributed by atoms with Gasteiger partial charge < -0.3 is 5.84 Å². The summed E-state index contributed by atoms with van der Waals surface area (Å²) in [5.74, 6) is 4.82. The van der Waals surface area contributed by atoms with Gasteiger partial charge in [0.25, 0.3) is 0 Å². The summed E-state index contributed by atoms with van der Waals surface area (Å²) in [6.45, 7) is 5.47. The second-order valence-electron chi connectivity index (χ2n) is 1.41. The SMILES string of the molecule is C=C/C(C)=C\C=N/N. The predicted molar refractivity (Wildman–Crippen MR) is 36.6 cm³/mol. The zero-order valence-corrected chi connectivity index (χ0v) is 4.96. The van der Waals surface area contributed by atoms with Crippen LogP contribution in [-0.2, 0) is 0 Å². The lowest BCUT2D eigenvalue weighted by atomic mass is 10.3. The van der Waals surface area contributed by atoms with Crippen molar-refractivity contribution in [3.8, 4) is 0 Å². The van der Waals surface area contributed by atoms with E-state index in [0.29, 0.717) is 0 Å². The summed E-state index contributed by atoms with van der Waals surface area (Å²) >= 11 is 0. The van der Waals surface area contributed by atoms with Crippen molar-refractivity contribution >= 4 is 6.21 Å². The Balaban J connectivity index is 3.74. The van der Waals surface area contributed by atoms with E-state index >= 15 is 0 Å². The lowest BCUT2D eigenvalue weighted by Gasteiger charge is -1.80. The van der Waals surface area contributed by atoms with Crippen LogP contribution in [0.2, 0.25) is 0 Å². The summed E-state index contributed by atoms with van der Waals surface area (Å²) in [6, 6.07) is 0. The number of nitrogens with two attached hydrogens (primary N) is 1. The first kappa shape index (κ1) is 6.95. The van der Waals surface area contributed by atoms with E-state index in [4.69, 9.17) is 5.84 Å². The molecule has 0 bridgehead atoms. The maximum absolute atomic E-state index is 4.82. The lowest BCUT2D eigenvalue weighted by molar-refractivity contribution is 1.27. The molecule has 0 aliphatic rings. The molecule has 0 aromatic carbocycles. The molecule has 2 nitrogen and oxygen atoms in total. The van der Waals surface area contributed by atoms with Gasteiger partial charge in [0, 0.05) is 6.21 Å². The minimum atomic E-state index is 1.05. The largest absolute Gasteiger partial charge is 0.323 e. The highest BCUT2D eigenvalue weighted by atomic mass is 15.1. The van der Waals surface area contributed by atoms with Crippen LogP contribution in [0.4, 0.5) is 0 Å². The van der Waals surface area contributed by atoms with Crippen molar-refractivity contribution in [3.63, 3.8) is 0 Å². The molecule has 0 heterocycles. The van der Waals surface area contributed by atoms with Crippen LogP contribution in [0.1, 0.15) is 6.92 Å². The Labute approximate surface area is 49.4 Å². The maximum atomic E-state index is 4.82. The van der Waals surface area contributed by atoms with E-state index in [0.717, 1.165) is 5.57 Å². The van der Waals surface area contributed by atoms with Crippen LogP contribution in [0.25, 0.3) is 0 Å². The first-order valence-corrected chi connectivity index (χ1v) is 2.34. The smallest absolute Gasteiger partial charge is 0.0468 e. The molecule has 0 aliphatic carbocycles. The molecular formula is C6H10N2. The van der Waals surface area contributed by atoms with Gasteiger partial charge >= 0.3 is 0 Å². The van der Waals surface area contributed by atoms with E-state index in [9.17, 15) is 0 Å². The number of hydrogen-bond acceptors (Lipinski definition) is 2. The Morgan fingerprint density at radius 2 is 2.38 bits per heavy atom. The minimum Gasteiger partial charge on any atom is -0.323 e. The molecule has 0 saturated carbocycles. The van der Waals surface area contributed by atoms with Crippen molar-refractivity contribution in [2.45, 2.75) is 6.92 Å². The molecule has 0 fully saturated rings. The normalized spacial score (nSPS) is 12.4. The molecule has 2 heteroatoms. The van der Waals surface area contributed by atoms with E-state index in [-0.39, 0.29) is 0 Å². The van der Waals surface area contributed by atoms with E-state index < -0.39 is 0 Å². The molecule has 0 radical (unpaired) electrons. The van der Waals surface area contributed by atoms with Gasteiger partial charge in [-0.15, -0.1) is 0 Å². The Hall–Kier alpha value is -1.05. The highest BCUT2D eigenvalue weighted by Crippen LogP contribution is 1.87.